The van der Waals surface area contributed by atoms with Crippen molar-refractivity contribution in [1.29, 1.82) is 0 Å². The Hall–Kier alpha value is -2.97. The van der Waals surface area contributed by atoms with Crippen molar-refractivity contribution in [3.05, 3.63) is 69.9 Å². The summed E-state index contributed by atoms with van der Waals surface area (Å²) < 4.78 is 13.5. The number of benzene rings is 2. The molecule has 0 bridgehead atoms. The van der Waals surface area contributed by atoms with Gasteiger partial charge in [0.25, 0.3) is 0 Å². The molecule has 0 aliphatic heterocycles. The van der Waals surface area contributed by atoms with Gasteiger partial charge in [0, 0.05) is 21.8 Å². The molecule has 28 heavy (non-hydrogen) atoms. The number of thiazole rings is 1. The van der Waals surface area contributed by atoms with Crippen molar-refractivity contribution in [3.8, 4) is 0 Å². The Balaban J connectivity index is 1.53. The predicted molar refractivity (Wildman–Crippen MR) is 110 cm³/mol. The summed E-state index contributed by atoms with van der Waals surface area (Å²) in [5.41, 5.74) is 1.92. The molecule has 1 heterocycles. The maximum atomic E-state index is 13.5. The lowest BCUT2D eigenvalue weighted by Gasteiger charge is -2.06. The summed E-state index contributed by atoms with van der Waals surface area (Å²) in [6.07, 6.45) is 0.00356. The van der Waals surface area contributed by atoms with Gasteiger partial charge in [0.1, 0.15) is 5.82 Å². The molecule has 0 radical (unpaired) electrons. The maximum absolute atomic E-state index is 13.5. The SMILES string of the molecule is Cc1ccc(NC(=O)Cc2csc(NC(=O)Nc3cccc(Cl)c3)n2)cc1F. The van der Waals surface area contributed by atoms with Crippen LogP contribution in [0.4, 0.5) is 25.7 Å². The lowest BCUT2D eigenvalue weighted by atomic mass is 10.2. The van der Waals surface area contributed by atoms with Gasteiger partial charge >= 0.3 is 6.03 Å². The number of anilines is 3. The number of amides is 3. The van der Waals surface area contributed by atoms with E-state index >= 15 is 0 Å². The van der Waals surface area contributed by atoms with Gasteiger partial charge in [-0.15, -0.1) is 11.3 Å². The van der Waals surface area contributed by atoms with Crippen molar-refractivity contribution in [2.75, 3.05) is 16.0 Å². The van der Waals surface area contributed by atoms with Gasteiger partial charge in [-0.05, 0) is 42.8 Å². The van der Waals surface area contributed by atoms with Gasteiger partial charge in [0.15, 0.2) is 5.13 Å². The molecule has 0 aliphatic carbocycles. The molecule has 1 aromatic heterocycles. The highest BCUT2D eigenvalue weighted by molar-refractivity contribution is 7.14. The Morgan fingerprint density at radius 3 is 2.64 bits per heavy atom. The van der Waals surface area contributed by atoms with E-state index in [0.717, 1.165) is 0 Å². The molecule has 3 amide bonds. The van der Waals surface area contributed by atoms with E-state index in [2.05, 4.69) is 20.9 Å². The quantitative estimate of drug-likeness (QED) is 0.541. The van der Waals surface area contributed by atoms with Crippen molar-refractivity contribution in [2.45, 2.75) is 13.3 Å². The molecule has 144 valence electrons. The van der Waals surface area contributed by atoms with Gasteiger partial charge in [-0.1, -0.05) is 23.7 Å². The van der Waals surface area contributed by atoms with Crippen LogP contribution in [0.15, 0.2) is 47.8 Å². The van der Waals surface area contributed by atoms with E-state index in [-0.39, 0.29) is 18.1 Å². The Morgan fingerprint density at radius 2 is 1.89 bits per heavy atom. The lowest BCUT2D eigenvalue weighted by Crippen LogP contribution is -2.19. The maximum Gasteiger partial charge on any atom is 0.325 e. The average molecular weight is 419 g/mol. The summed E-state index contributed by atoms with van der Waals surface area (Å²) in [6.45, 7) is 1.65. The molecule has 9 heteroatoms. The zero-order valence-electron chi connectivity index (χ0n) is 14.8. The Morgan fingerprint density at radius 1 is 1.11 bits per heavy atom. The molecule has 2 aromatic carbocycles. The van der Waals surface area contributed by atoms with E-state index in [1.165, 1.54) is 17.4 Å². The third kappa shape index (κ3) is 5.51. The predicted octanol–water partition coefficient (Wildman–Crippen LogP) is 5.07. The number of nitrogens with one attached hydrogen (secondary N) is 3. The first-order chi connectivity index (χ1) is 13.4. The number of rotatable bonds is 5. The molecular weight excluding hydrogens is 403 g/mol. The minimum Gasteiger partial charge on any atom is -0.326 e. The number of nitrogens with zero attached hydrogens (tertiary/aromatic N) is 1. The number of halogens is 2. The summed E-state index contributed by atoms with van der Waals surface area (Å²) in [4.78, 5) is 28.3. The van der Waals surface area contributed by atoms with Gasteiger partial charge in [-0.25, -0.2) is 14.2 Å². The standard InChI is InChI=1S/C19H16ClFN4O2S/c1-11-5-6-14(8-16(11)21)22-17(26)9-15-10-28-19(24-15)25-18(27)23-13-4-2-3-12(20)7-13/h2-8,10H,9H2,1H3,(H,22,26)(H2,23,24,25,27). The van der Waals surface area contributed by atoms with E-state index in [1.807, 2.05) is 0 Å². The molecule has 0 unspecified atom stereocenters. The second-order valence-electron chi connectivity index (χ2n) is 5.92. The third-order valence-corrected chi connectivity index (χ3v) is 4.69. The average Bonchev–Trinajstić information content (AvgIpc) is 3.04. The summed E-state index contributed by atoms with van der Waals surface area (Å²) in [6, 6.07) is 10.8. The molecule has 0 saturated heterocycles. The minimum absolute atomic E-state index is 0.00356. The number of urea groups is 1. The summed E-state index contributed by atoms with van der Waals surface area (Å²) in [5, 5.41) is 10.4. The van der Waals surface area contributed by atoms with E-state index < -0.39 is 6.03 Å². The lowest BCUT2D eigenvalue weighted by molar-refractivity contribution is -0.115. The second-order valence-corrected chi connectivity index (χ2v) is 7.22. The van der Waals surface area contributed by atoms with Crippen LogP contribution in [0.2, 0.25) is 5.02 Å². The van der Waals surface area contributed by atoms with Crippen molar-refractivity contribution in [1.82, 2.24) is 4.98 Å². The van der Waals surface area contributed by atoms with Crippen molar-refractivity contribution in [3.63, 3.8) is 0 Å². The molecule has 6 nitrogen and oxygen atoms in total. The van der Waals surface area contributed by atoms with Gasteiger partial charge in [0.05, 0.1) is 12.1 Å². The van der Waals surface area contributed by atoms with Gasteiger partial charge in [-0.2, -0.15) is 0 Å². The Kier molecular flexibility index (Phi) is 6.23. The molecule has 3 aromatic rings. The first-order valence-corrected chi connectivity index (χ1v) is 9.49. The highest BCUT2D eigenvalue weighted by Crippen LogP contribution is 2.19. The first-order valence-electron chi connectivity index (χ1n) is 8.23. The van der Waals surface area contributed by atoms with Gasteiger partial charge in [-0.3, -0.25) is 10.1 Å². The molecule has 0 atom stereocenters. The van der Waals surface area contributed by atoms with Crippen LogP contribution in [-0.2, 0) is 11.2 Å². The zero-order valence-corrected chi connectivity index (χ0v) is 16.3. The summed E-state index contributed by atoms with van der Waals surface area (Å²) >= 11 is 7.07. The number of hydrogen-bond acceptors (Lipinski definition) is 4. The number of carbonyl (C=O) groups excluding carboxylic acids is 2. The first kappa shape index (κ1) is 19.8. The molecule has 3 N–H and O–H groups in total. The largest absolute Gasteiger partial charge is 0.326 e. The molecule has 0 fully saturated rings. The van der Waals surface area contributed by atoms with Crippen molar-refractivity contribution in [2.24, 2.45) is 0 Å². The van der Waals surface area contributed by atoms with Crippen LogP contribution in [0.5, 0.6) is 0 Å². The van der Waals surface area contributed by atoms with E-state index in [0.29, 0.717) is 32.8 Å². The van der Waals surface area contributed by atoms with Crippen LogP contribution in [-0.4, -0.2) is 16.9 Å². The summed E-state index contributed by atoms with van der Waals surface area (Å²) in [7, 11) is 0. The molecule has 0 aliphatic rings. The van der Waals surface area contributed by atoms with E-state index in [9.17, 15) is 14.0 Å². The fraction of sp³-hybridized carbons (Fsp3) is 0.105. The number of carbonyl (C=O) groups is 2. The van der Waals surface area contributed by atoms with Crippen molar-refractivity contribution >= 4 is 51.4 Å². The molecular formula is C19H16ClFN4O2S. The van der Waals surface area contributed by atoms with Crippen molar-refractivity contribution < 1.29 is 14.0 Å². The number of aromatic nitrogens is 1. The van der Waals surface area contributed by atoms with Crippen LogP contribution in [0, 0.1) is 12.7 Å². The molecule has 0 saturated carbocycles. The third-order valence-electron chi connectivity index (χ3n) is 3.65. The van der Waals surface area contributed by atoms with E-state index in [1.54, 1.807) is 48.7 Å². The normalized spacial score (nSPS) is 10.4. The van der Waals surface area contributed by atoms with E-state index in [4.69, 9.17) is 11.6 Å². The number of hydrogen-bond donors (Lipinski definition) is 3. The molecule has 3 rings (SSSR count). The van der Waals surface area contributed by atoms with Crippen LogP contribution in [0.3, 0.4) is 0 Å². The second kappa shape index (κ2) is 8.81. The minimum atomic E-state index is -0.470. The van der Waals surface area contributed by atoms with Gasteiger partial charge < -0.3 is 10.6 Å². The highest BCUT2D eigenvalue weighted by atomic mass is 35.5. The van der Waals surface area contributed by atoms with Crippen LogP contribution in [0.1, 0.15) is 11.3 Å². The monoisotopic (exact) mass is 418 g/mol. The Bertz CT molecular complexity index is 1020. The fourth-order valence-electron chi connectivity index (χ4n) is 2.31. The number of aryl methyl sites for hydroxylation is 1. The molecule has 0 spiro atoms. The fourth-order valence-corrected chi connectivity index (χ4v) is 3.21. The highest BCUT2D eigenvalue weighted by Gasteiger charge is 2.11. The van der Waals surface area contributed by atoms with Crippen LogP contribution >= 0.6 is 22.9 Å². The van der Waals surface area contributed by atoms with Crippen LogP contribution in [0.25, 0.3) is 0 Å². The Labute approximate surface area is 169 Å². The van der Waals surface area contributed by atoms with Crippen LogP contribution < -0.4 is 16.0 Å². The van der Waals surface area contributed by atoms with Gasteiger partial charge in [0.2, 0.25) is 5.91 Å². The topological polar surface area (TPSA) is 83.1 Å². The summed E-state index contributed by atoms with van der Waals surface area (Å²) in [5.74, 6) is -0.716. The zero-order chi connectivity index (χ0) is 20.1. The smallest absolute Gasteiger partial charge is 0.325 e.